The van der Waals surface area contributed by atoms with E-state index < -0.39 is 83.9 Å². The van der Waals surface area contributed by atoms with Gasteiger partial charge in [-0.05, 0) is 6.07 Å². The number of esters is 4. The van der Waals surface area contributed by atoms with Gasteiger partial charge in [0.05, 0.1) is 0 Å². The van der Waals surface area contributed by atoms with E-state index in [4.69, 9.17) is 33.3 Å². The molecule has 0 bridgehead atoms. The lowest BCUT2D eigenvalue weighted by Crippen LogP contribution is -2.67. The first-order valence-electron chi connectivity index (χ1n) is 9.76. The predicted molar refractivity (Wildman–Crippen MR) is 106 cm³/mol. The quantitative estimate of drug-likeness (QED) is 0.277. The minimum atomic E-state index is -1.60. The van der Waals surface area contributed by atoms with Crippen molar-refractivity contribution in [3.63, 3.8) is 0 Å². The SMILES string of the molecule is CC(=O)OC[C@H]1O[C@@H](OC(C)=O)[C@@H](NC(=O)c2ccc(N([O-])O)o2)[C@@H](OC(C)=O)[C@H]1OC(C)=O. The molecular formula is C19H23N2O13-. The van der Waals surface area contributed by atoms with Crippen molar-refractivity contribution in [2.24, 2.45) is 0 Å². The third-order valence-electron chi connectivity index (χ3n) is 4.29. The van der Waals surface area contributed by atoms with E-state index in [1.807, 2.05) is 0 Å². The highest BCUT2D eigenvalue weighted by atomic mass is 16.8. The normalized spacial score (nSPS) is 23.9. The van der Waals surface area contributed by atoms with Crippen molar-refractivity contribution in [3.05, 3.63) is 23.1 Å². The Bertz CT molecular complexity index is 927. The first-order valence-corrected chi connectivity index (χ1v) is 9.76. The minimum absolute atomic E-state index is 0.445. The van der Waals surface area contributed by atoms with Gasteiger partial charge in [-0.1, -0.05) is 0 Å². The Hall–Kier alpha value is -3.69. The summed E-state index contributed by atoms with van der Waals surface area (Å²) in [6, 6.07) is 0.608. The van der Waals surface area contributed by atoms with Crippen LogP contribution in [0.2, 0.25) is 0 Å². The van der Waals surface area contributed by atoms with E-state index in [0.717, 1.165) is 39.8 Å². The molecule has 0 aromatic carbocycles. The summed E-state index contributed by atoms with van der Waals surface area (Å²) < 4.78 is 31.1. The zero-order chi connectivity index (χ0) is 25.6. The van der Waals surface area contributed by atoms with E-state index in [9.17, 15) is 29.2 Å². The maximum Gasteiger partial charge on any atom is 0.305 e. The fourth-order valence-electron chi connectivity index (χ4n) is 3.10. The molecule has 1 fully saturated rings. The van der Waals surface area contributed by atoms with Gasteiger partial charge < -0.3 is 38.6 Å². The number of nitrogens with one attached hydrogen (secondary N) is 1. The molecule has 15 heteroatoms. The monoisotopic (exact) mass is 487 g/mol. The summed E-state index contributed by atoms with van der Waals surface area (Å²) in [4.78, 5) is 59.2. The highest BCUT2D eigenvalue weighted by Crippen LogP contribution is 2.28. The number of carbonyl (C=O) groups excluding carboxylic acids is 5. The zero-order valence-electron chi connectivity index (χ0n) is 18.5. The second-order valence-corrected chi connectivity index (χ2v) is 7.01. The van der Waals surface area contributed by atoms with E-state index in [-0.39, 0.29) is 0 Å². The van der Waals surface area contributed by atoms with Crippen molar-refractivity contribution in [1.82, 2.24) is 5.32 Å². The Kier molecular flexibility index (Phi) is 8.94. The highest BCUT2D eigenvalue weighted by Gasteiger charge is 2.52. The third kappa shape index (κ3) is 7.16. The zero-order valence-corrected chi connectivity index (χ0v) is 18.5. The third-order valence-corrected chi connectivity index (χ3v) is 4.29. The number of furan rings is 1. The van der Waals surface area contributed by atoms with Crippen molar-refractivity contribution in [1.29, 1.82) is 0 Å². The van der Waals surface area contributed by atoms with E-state index >= 15 is 0 Å². The number of ether oxygens (including phenoxy) is 5. The summed E-state index contributed by atoms with van der Waals surface area (Å²) in [7, 11) is 0. The lowest BCUT2D eigenvalue weighted by Gasteiger charge is -2.44. The average molecular weight is 487 g/mol. The molecule has 34 heavy (non-hydrogen) atoms. The van der Waals surface area contributed by atoms with Gasteiger partial charge in [0.1, 0.15) is 18.8 Å². The van der Waals surface area contributed by atoms with Gasteiger partial charge in [-0.15, -0.1) is 0 Å². The first-order chi connectivity index (χ1) is 15.9. The molecule has 2 heterocycles. The lowest BCUT2D eigenvalue weighted by atomic mass is 9.96. The van der Waals surface area contributed by atoms with Gasteiger partial charge in [0.15, 0.2) is 18.0 Å². The van der Waals surface area contributed by atoms with Crippen molar-refractivity contribution in [2.45, 2.75) is 58.3 Å². The molecule has 1 saturated heterocycles. The molecule has 0 aliphatic carbocycles. The molecule has 5 atom stereocenters. The van der Waals surface area contributed by atoms with Crippen LogP contribution in [0.25, 0.3) is 0 Å². The minimum Gasteiger partial charge on any atom is -0.731 e. The van der Waals surface area contributed by atoms with Gasteiger partial charge in [0, 0.05) is 33.8 Å². The van der Waals surface area contributed by atoms with Crippen LogP contribution in [0.4, 0.5) is 5.88 Å². The molecule has 1 aliphatic heterocycles. The van der Waals surface area contributed by atoms with Crippen LogP contribution in [-0.4, -0.2) is 72.2 Å². The Morgan fingerprint density at radius 2 is 1.56 bits per heavy atom. The number of hydrogen-bond acceptors (Lipinski definition) is 14. The molecule has 0 spiro atoms. The topological polar surface area (TPSA) is 203 Å². The molecule has 15 nitrogen and oxygen atoms in total. The fraction of sp³-hybridized carbons (Fsp3) is 0.526. The van der Waals surface area contributed by atoms with Crippen LogP contribution >= 0.6 is 0 Å². The van der Waals surface area contributed by atoms with Crippen LogP contribution in [0.1, 0.15) is 38.2 Å². The molecule has 188 valence electrons. The van der Waals surface area contributed by atoms with Crippen LogP contribution in [0, 0.1) is 5.21 Å². The van der Waals surface area contributed by atoms with Gasteiger partial charge in [-0.2, -0.15) is 0 Å². The van der Waals surface area contributed by atoms with Crippen LogP contribution in [-0.2, 0) is 42.9 Å². The molecule has 2 N–H and O–H groups in total. The molecule has 1 amide bonds. The van der Waals surface area contributed by atoms with Crippen LogP contribution in [0.15, 0.2) is 16.5 Å². The predicted octanol–water partition coefficient (Wildman–Crippen LogP) is -0.214. The summed E-state index contributed by atoms with van der Waals surface area (Å²) >= 11 is 0. The van der Waals surface area contributed by atoms with Gasteiger partial charge in [-0.3, -0.25) is 34.4 Å². The first kappa shape index (κ1) is 26.6. The van der Waals surface area contributed by atoms with Crippen molar-refractivity contribution in [3.8, 4) is 0 Å². The molecule has 1 aromatic heterocycles. The molecular weight excluding hydrogens is 464 g/mol. The van der Waals surface area contributed by atoms with Crippen LogP contribution < -0.4 is 10.5 Å². The summed E-state index contributed by atoms with van der Waals surface area (Å²) in [6.07, 6.45) is -5.73. The number of nitrogens with zero attached hydrogens (tertiary/aromatic N) is 1. The smallest absolute Gasteiger partial charge is 0.305 e. The van der Waals surface area contributed by atoms with Gasteiger partial charge >= 0.3 is 23.9 Å². The van der Waals surface area contributed by atoms with E-state index in [2.05, 4.69) is 5.32 Å². The second kappa shape index (κ2) is 11.4. The van der Waals surface area contributed by atoms with Crippen LogP contribution in [0.3, 0.4) is 0 Å². The Morgan fingerprint density at radius 3 is 2.06 bits per heavy atom. The summed E-state index contributed by atoms with van der Waals surface area (Å²) in [5, 5.41) is 21.6. The Balaban J connectivity index is 2.43. The number of hydrogen-bond donors (Lipinski definition) is 2. The molecule has 0 saturated carbocycles. The number of carbonyl (C=O) groups is 5. The van der Waals surface area contributed by atoms with E-state index in [1.54, 1.807) is 0 Å². The Labute approximate surface area is 192 Å². The maximum absolute atomic E-state index is 12.7. The summed E-state index contributed by atoms with van der Waals surface area (Å²) in [5.41, 5.74) is 0. The van der Waals surface area contributed by atoms with Gasteiger partial charge in [0.25, 0.3) is 5.91 Å². The van der Waals surface area contributed by atoms with Crippen molar-refractivity contribution >= 4 is 35.7 Å². The number of rotatable bonds is 8. The largest absolute Gasteiger partial charge is 0.731 e. The Morgan fingerprint density at radius 1 is 0.971 bits per heavy atom. The molecule has 0 unspecified atom stereocenters. The van der Waals surface area contributed by atoms with Gasteiger partial charge in [-0.25, -0.2) is 0 Å². The maximum atomic E-state index is 12.7. The average Bonchev–Trinajstić information content (AvgIpc) is 3.20. The fourth-order valence-corrected chi connectivity index (χ4v) is 3.10. The molecule has 1 aromatic rings. The number of anilines is 1. The van der Waals surface area contributed by atoms with Gasteiger partial charge in [0.2, 0.25) is 12.2 Å². The van der Waals surface area contributed by atoms with E-state index in [1.165, 1.54) is 0 Å². The van der Waals surface area contributed by atoms with E-state index in [0.29, 0.717) is 0 Å². The molecule has 1 aliphatic rings. The van der Waals surface area contributed by atoms with Crippen LogP contribution in [0.5, 0.6) is 0 Å². The summed E-state index contributed by atoms with van der Waals surface area (Å²) in [6.45, 7) is 3.80. The molecule has 2 rings (SSSR count). The lowest BCUT2D eigenvalue weighted by molar-refractivity contribution is -0.270. The highest BCUT2D eigenvalue weighted by molar-refractivity contribution is 5.92. The van der Waals surface area contributed by atoms with Crippen molar-refractivity contribution < 1.29 is 57.3 Å². The summed E-state index contributed by atoms with van der Waals surface area (Å²) in [5.74, 6) is -5.24. The van der Waals surface area contributed by atoms with Crippen molar-refractivity contribution in [2.75, 3.05) is 11.8 Å². The number of amides is 1. The second-order valence-electron chi connectivity index (χ2n) is 7.01. The standard InChI is InChI=1S/C19H23N2O13/c1-8(22)29-7-13-16(30-9(2)23)17(31-10(3)24)15(19(34-13)32-11(4)25)20-18(26)12-5-6-14(33-12)21(27)28/h5-6,13,15-17,19,27H,7H2,1-4H3,(H,20,26)/q-1/t13-,15+,16+,17-,19-/m1/s1. The molecule has 0 radical (unpaired) electrons.